The van der Waals surface area contributed by atoms with Crippen LogP contribution >= 0.6 is 0 Å². The molecule has 0 aliphatic heterocycles. The summed E-state index contributed by atoms with van der Waals surface area (Å²) >= 11 is 0. The van der Waals surface area contributed by atoms with Crippen molar-refractivity contribution in [2.45, 2.75) is 70.3 Å². The first kappa shape index (κ1) is 17.2. The van der Waals surface area contributed by atoms with Gasteiger partial charge in [0.2, 0.25) is 0 Å². The van der Waals surface area contributed by atoms with E-state index in [1.54, 1.807) is 24.3 Å². The monoisotopic (exact) mass is 298 g/mol. The maximum atomic E-state index is 12.3. The van der Waals surface area contributed by atoms with E-state index in [4.69, 9.17) is 4.18 Å². The maximum Gasteiger partial charge on any atom is 0.297 e. The second kappa shape index (κ2) is 8.42. The molecule has 114 valence electrons. The molecule has 0 aliphatic rings. The Morgan fingerprint density at radius 3 is 1.95 bits per heavy atom. The van der Waals surface area contributed by atoms with Crippen LogP contribution in [0.4, 0.5) is 0 Å². The van der Waals surface area contributed by atoms with Gasteiger partial charge in [-0.2, -0.15) is 8.42 Å². The second-order valence-electron chi connectivity index (χ2n) is 5.27. The van der Waals surface area contributed by atoms with Gasteiger partial charge in [0.05, 0.1) is 11.0 Å². The molecule has 1 rings (SSSR count). The Kier molecular flexibility index (Phi) is 7.24. The fraction of sp³-hybridized carbons (Fsp3) is 0.625. The second-order valence-corrected chi connectivity index (χ2v) is 6.84. The number of unbranched alkanes of at least 4 members (excludes halogenated alkanes) is 2. The molecule has 0 N–H and O–H groups in total. The highest BCUT2D eigenvalue weighted by atomic mass is 32.2. The predicted molar refractivity (Wildman–Crippen MR) is 82.3 cm³/mol. The molecule has 0 amide bonds. The summed E-state index contributed by atoms with van der Waals surface area (Å²) < 4.78 is 30.0. The van der Waals surface area contributed by atoms with Crippen LogP contribution in [0.25, 0.3) is 0 Å². The molecular weight excluding hydrogens is 272 g/mol. The highest BCUT2D eigenvalue weighted by Crippen LogP contribution is 2.20. The lowest BCUT2D eigenvalue weighted by Gasteiger charge is -2.17. The maximum absolute atomic E-state index is 12.3. The highest BCUT2D eigenvalue weighted by molar-refractivity contribution is 7.86. The number of aryl methyl sites for hydroxylation is 1. The fourth-order valence-corrected chi connectivity index (χ4v) is 3.18. The minimum atomic E-state index is -3.64. The Labute approximate surface area is 123 Å². The highest BCUT2D eigenvalue weighted by Gasteiger charge is 2.21. The molecule has 4 heteroatoms. The number of hydrogen-bond acceptors (Lipinski definition) is 3. The van der Waals surface area contributed by atoms with Gasteiger partial charge < -0.3 is 0 Å². The molecule has 3 nitrogen and oxygen atoms in total. The first-order valence-electron chi connectivity index (χ1n) is 7.49. The van der Waals surface area contributed by atoms with E-state index >= 15 is 0 Å². The smallest absolute Gasteiger partial charge is 0.263 e. The van der Waals surface area contributed by atoms with Crippen molar-refractivity contribution < 1.29 is 12.6 Å². The van der Waals surface area contributed by atoms with Gasteiger partial charge in [0.1, 0.15) is 0 Å². The van der Waals surface area contributed by atoms with E-state index in [1.807, 2.05) is 6.92 Å². The van der Waals surface area contributed by atoms with E-state index in [1.165, 1.54) is 0 Å². The molecule has 0 fully saturated rings. The van der Waals surface area contributed by atoms with E-state index in [0.717, 1.165) is 44.1 Å². The quantitative estimate of drug-likeness (QED) is 0.633. The Bertz CT molecular complexity index is 469. The van der Waals surface area contributed by atoms with Crippen LogP contribution in [0, 0.1) is 6.92 Å². The number of rotatable bonds is 9. The van der Waals surface area contributed by atoms with Crippen LogP contribution in [0.3, 0.4) is 0 Å². The molecule has 0 saturated carbocycles. The molecule has 20 heavy (non-hydrogen) atoms. The average molecular weight is 298 g/mol. The van der Waals surface area contributed by atoms with E-state index in [0.29, 0.717) is 0 Å². The first-order chi connectivity index (χ1) is 9.49. The van der Waals surface area contributed by atoms with Crippen LogP contribution < -0.4 is 0 Å². The van der Waals surface area contributed by atoms with Crippen molar-refractivity contribution in [2.24, 2.45) is 0 Å². The third-order valence-corrected chi connectivity index (χ3v) is 4.71. The summed E-state index contributed by atoms with van der Waals surface area (Å²) in [5.74, 6) is 0. The molecule has 0 saturated heterocycles. The minimum absolute atomic E-state index is 0.193. The lowest BCUT2D eigenvalue weighted by atomic mass is 10.1. The molecule has 0 radical (unpaired) electrons. The molecule has 1 aromatic carbocycles. The van der Waals surface area contributed by atoms with Crippen molar-refractivity contribution in [3.63, 3.8) is 0 Å². The number of hydrogen-bond donors (Lipinski definition) is 0. The van der Waals surface area contributed by atoms with Crippen molar-refractivity contribution >= 4 is 10.1 Å². The Morgan fingerprint density at radius 1 is 1.00 bits per heavy atom. The third kappa shape index (κ3) is 5.63. The molecule has 0 aromatic heterocycles. The van der Waals surface area contributed by atoms with E-state index in [-0.39, 0.29) is 11.0 Å². The van der Waals surface area contributed by atoms with Crippen molar-refractivity contribution in [1.82, 2.24) is 0 Å². The zero-order valence-corrected chi connectivity index (χ0v) is 13.6. The normalized spacial score (nSPS) is 12.0. The zero-order valence-electron chi connectivity index (χ0n) is 12.8. The Morgan fingerprint density at radius 2 is 1.50 bits per heavy atom. The van der Waals surface area contributed by atoms with Crippen molar-refractivity contribution in [2.75, 3.05) is 0 Å². The molecule has 1 aromatic rings. The van der Waals surface area contributed by atoms with Crippen molar-refractivity contribution in [3.8, 4) is 0 Å². The molecule has 0 spiro atoms. The van der Waals surface area contributed by atoms with E-state index < -0.39 is 10.1 Å². The van der Waals surface area contributed by atoms with Gasteiger partial charge >= 0.3 is 0 Å². The lowest BCUT2D eigenvalue weighted by Crippen LogP contribution is -2.19. The summed E-state index contributed by atoms with van der Waals surface area (Å²) in [6, 6.07) is 6.81. The van der Waals surface area contributed by atoms with Gasteiger partial charge in [-0.05, 0) is 31.9 Å². The fourth-order valence-electron chi connectivity index (χ4n) is 2.04. The van der Waals surface area contributed by atoms with Crippen molar-refractivity contribution in [3.05, 3.63) is 29.8 Å². The molecule has 0 unspecified atom stereocenters. The Hall–Kier alpha value is -0.870. The minimum Gasteiger partial charge on any atom is -0.263 e. The van der Waals surface area contributed by atoms with Crippen LogP contribution in [0.5, 0.6) is 0 Å². The first-order valence-corrected chi connectivity index (χ1v) is 8.90. The van der Waals surface area contributed by atoms with Gasteiger partial charge in [0, 0.05) is 0 Å². The summed E-state index contributed by atoms with van der Waals surface area (Å²) in [5.41, 5.74) is 1.04. The summed E-state index contributed by atoms with van der Waals surface area (Å²) in [6.07, 6.45) is 5.52. The zero-order chi connectivity index (χ0) is 15.0. The largest absolute Gasteiger partial charge is 0.297 e. The summed E-state index contributed by atoms with van der Waals surface area (Å²) in [4.78, 5) is 0.251. The predicted octanol–water partition coefficient (Wildman–Crippen LogP) is 4.45. The van der Waals surface area contributed by atoms with Gasteiger partial charge in [0.25, 0.3) is 10.1 Å². The van der Waals surface area contributed by atoms with Gasteiger partial charge in [-0.3, -0.25) is 4.18 Å². The van der Waals surface area contributed by atoms with Gasteiger partial charge in [-0.25, -0.2) is 0 Å². The van der Waals surface area contributed by atoms with Crippen LogP contribution in [0.2, 0.25) is 0 Å². The number of benzene rings is 1. The van der Waals surface area contributed by atoms with Gasteiger partial charge in [0.15, 0.2) is 0 Å². The van der Waals surface area contributed by atoms with Crippen LogP contribution in [0.1, 0.15) is 57.9 Å². The molecule has 0 heterocycles. The van der Waals surface area contributed by atoms with Gasteiger partial charge in [-0.15, -0.1) is 0 Å². The SMILES string of the molecule is CCCCC(CCCC)OS(=O)(=O)c1ccc(C)cc1. The van der Waals surface area contributed by atoms with Crippen LogP contribution in [-0.4, -0.2) is 14.5 Å². The van der Waals surface area contributed by atoms with E-state index in [2.05, 4.69) is 13.8 Å². The van der Waals surface area contributed by atoms with Crippen molar-refractivity contribution in [1.29, 1.82) is 0 Å². The molecule has 0 aliphatic carbocycles. The Balaban J connectivity index is 2.76. The summed E-state index contributed by atoms with van der Waals surface area (Å²) in [6.45, 7) is 6.14. The molecule has 0 atom stereocenters. The average Bonchev–Trinajstić information content (AvgIpc) is 2.42. The third-order valence-electron chi connectivity index (χ3n) is 3.33. The summed E-state index contributed by atoms with van der Waals surface area (Å²) in [5, 5.41) is 0. The summed E-state index contributed by atoms with van der Waals surface area (Å²) in [7, 11) is -3.64. The molecule has 0 bridgehead atoms. The topological polar surface area (TPSA) is 43.4 Å². The lowest BCUT2D eigenvalue weighted by molar-refractivity contribution is 0.182. The standard InChI is InChI=1S/C16H26O3S/c1-4-6-8-15(9-7-5-2)19-20(17,18)16-12-10-14(3)11-13-16/h10-13,15H,4-9H2,1-3H3. The van der Waals surface area contributed by atoms with Crippen LogP contribution in [-0.2, 0) is 14.3 Å². The van der Waals surface area contributed by atoms with Crippen LogP contribution in [0.15, 0.2) is 29.2 Å². The molecular formula is C16H26O3S. The van der Waals surface area contributed by atoms with Gasteiger partial charge in [-0.1, -0.05) is 57.2 Å². The van der Waals surface area contributed by atoms with E-state index in [9.17, 15) is 8.42 Å².